The van der Waals surface area contributed by atoms with E-state index in [1.54, 1.807) is 7.11 Å². The molecule has 1 aromatic rings. The summed E-state index contributed by atoms with van der Waals surface area (Å²) >= 11 is 1.92. The van der Waals surface area contributed by atoms with Crippen molar-refractivity contribution in [3.8, 4) is 5.75 Å². The van der Waals surface area contributed by atoms with Crippen LogP contribution in [0.2, 0.25) is 0 Å². The van der Waals surface area contributed by atoms with Gasteiger partial charge in [-0.1, -0.05) is 25.1 Å². The highest BCUT2D eigenvalue weighted by atomic mass is 32.2. The number of para-hydroxylation sites is 1. The average molecular weight is 225 g/mol. The van der Waals surface area contributed by atoms with Crippen molar-refractivity contribution in [3.63, 3.8) is 0 Å². The van der Waals surface area contributed by atoms with Gasteiger partial charge in [-0.25, -0.2) is 0 Å². The van der Waals surface area contributed by atoms with Crippen molar-refractivity contribution in [2.75, 3.05) is 13.7 Å². The first-order chi connectivity index (χ1) is 7.27. The maximum Gasteiger partial charge on any atom is 0.122 e. The quantitative estimate of drug-likeness (QED) is 0.808. The van der Waals surface area contributed by atoms with E-state index in [2.05, 4.69) is 13.0 Å². The highest BCUT2D eigenvalue weighted by Crippen LogP contribution is 2.25. The van der Waals surface area contributed by atoms with Gasteiger partial charge in [-0.3, -0.25) is 0 Å². The molecule has 0 amide bonds. The van der Waals surface area contributed by atoms with E-state index in [-0.39, 0.29) is 0 Å². The van der Waals surface area contributed by atoms with Crippen molar-refractivity contribution < 1.29 is 4.74 Å². The van der Waals surface area contributed by atoms with Gasteiger partial charge in [0, 0.05) is 16.6 Å². The smallest absolute Gasteiger partial charge is 0.122 e. The molecule has 1 rings (SSSR count). The molecule has 0 fully saturated rings. The second-order valence-corrected chi connectivity index (χ2v) is 4.94. The molecule has 0 heterocycles. The van der Waals surface area contributed by atoms with E-state index in [1.807, 2.05) is 30.0 Å². The Morgan fingerprint density at radius 2 is 2.13 bits per heavy atom. The Morgan fingerprint density at radius 1 is 1.40 bits per heavy atom. The molecule has 0 radical (unpaired) electrons. The van der Waals surface area contributed by atoms with Gasteiger partial charge in [-0.2, -0.15) is 11.8 Å². The number of benzene rings is 1. The molecule has 0 aromatic heterocycles. The first-order valence-electron chi connectivity index (χ1n) is 5.21. The van der Waals surface area contributed by atoms with E-state index in [1.165, 1.54) is 5.56 Å². The highest BCUT2D eigenvalue weighted by Gasteiger charge is 2.05. The van der Waals surface area contributed by atoms with Crippen LogP contribution in [-0.2, 0) is 5.75 Å². The summed E-state index contributed by atoms with van der Waals surface area (Å²) in [5.41, 5.74) is 6.77. The van der Waals surface area contributed by atoms with Crippen molar-refractivity contribution in [3.05, 3.63) is 29.8 Å². The van der Waals surface area contributed by atoms with E-state index in [9.17, 15) is 0 Å². The molecule has 0 saturated heterocycles. The van der Waals surface area contributed by atoms with Crippen LogP contribution in [0, 0.1) is 0 Å². The number of methoxy groups -OCH3 is 1. The molecule has 15 heavy (non-hydrogen) atoms. The second kappa shape index (κ2) is 6.75. The zero-order valence-corrected chi connectivity index (χ0v) is 10.2. The van der Waals surface area contributed by atoms with Gasteiger partial charge in [0.1, 0.15) is 5.75 Å². The molecular formula is C12H19NOS. The molecule has 0 aliphatic heterocycles. The Bertz CT molecular complexity index is 291. The van der Waals surface area contributed by atoms with Gasteiger partial charge >= 0.3 is 0 Å². The summed E-state index contributed by atoms with van der Waals surface area (Å²) in [7, 11) is 1.72. The average Bonchev–Trinajstić information content (AvgIpc) is 2.27. The molecule has 1 atom stereocenters. The molecule has 3 heteroatoms. The Balaban J connectivity index is 2.49. The summed E-state index contributed by atoms with van der Waals surface area (Å²) in [5.74, 6) is 1.97. The predicted octanol–water partition coefficient (Wildman–Crippen LogP) is 2.67. The van der Waals surface area contributed by atoms with Crippen molar-refractivity contribution in [2.24, 2.45) is 5.73 Å². The molecule has 0 saturated carbocycles. The fraction of sp³-hybridized carbons (Fsp3) is 0.500. The maximum absolute atomic E-state index is 5.52. The molecule has 2 nitrogen and oxygen atoms in total. The number of hydrogen-bond donors (Lipinski definition) is 1. The normalized spacial score (nSPS) is 12.5. The topological polar surface area (TPSA) is 35.2 Å². The van der Waals surface area contributed by atoms with Gasteiger partial charge in [0.25, 0.3) is 0 Å². The Morgan fingerprint density at radius 3 is 2.80 bits per heavy atom. The van der Waals surface area contributed by atoms with Gasteiger partial charge in [0.15, 0.2) is 0 Å². The standard InChI is InChI=1S/C12H19NOS/c1-10(7-8-13)15-9-11-5-3-4-6-12(11)14-2/h3-6,10H,7-9,13H2,1-2H3. The summed E-state index contributed by atoms with van der Waals surface area (Å²) in [4.78, 5) is 0. The fourth-order valence-corrected chi connectivity index (χ4v) is 2.38. The molecular weight excluding hydrogens is 206 g/mol. The van der Waals surface area contributed by atoms with E-state index < -0.39 is 0 Å². The lowest BCUT2D eigenvalue weighted by atomic mass is 10.2. The number of thioether (sulfide) groups is 1. The largest absolute Gasteiger partial charge is 0.496 e. The molecule has 1 aromatic carbocycles. The summed E-state index contributed by atoms with van der Waals surface area (Å²) in [6.07, 6.45) is 1.07. The lowest BCUT2D eigenvalue weighted by molar-refractivity contribution is 0.411. The molecule has 2 N–H and O–H groups in total. The number of ether oxygens (including phenoxy) is 1. The second-order valence-electron chi connectivity index (χ2n) is 3.51. The molecule has 0 aliphatic rings. The monoisotopic (exact) mass is 225 g/mol. The third kappa shape index (κ3) is 4.14. The molecule has 84 valence electrons. The van der Waals surface area contributed by atoms with Crippen LogP contribution >= 0.6 is 11.8 Å². The third-order valence-electron chi connectivity index (χ3n) is 2.29. The molecule has 0 spiro atoms. The Hall–Kier alpha value is -0.670. The van der Waals surface area contributed by atoms with Gasteiger partial charge in [0.2, 0.25) is 0 Å². The van der Waals surface area contributed by atoms with Crippen LogP contribution in [0.5, 0.6) is 5.75 Å². The van der Waals surface area contributed by atoms with Gasteiger partial charge in [0.05, 0.1) is 7.11 Å². The van der Waals surface area contributed by atoms with Crippen LogP contribution in [-0.4, -0.2) is 18.9 Å². The van der Waals surface area contributed by atoms with Gasteiger partial charge in [-0.05, 0) is 19.0 Å². The van der Waals surface area contributed by atoms with Crippen LogP contribution in [0.4, 0.5) is 0 Å². The number of nitrogens with two attached hydrogens (primary N) is 1. The molecule has 0 bridgehead atoms. The van der Waals surface area contributed by atoms with Crippen molar-refractivity contribution in [1.29, 1.82) is 0 Å². The van der Waals surface area contributed by atoms with Crippen LogP contribution < -0.4 is 10.5 Å². The third-order valence-corrected chi connectivity index (χ3v) is 3.57. The zero-order valence-electron chi connectivity index (χ0n) is 9.40. The fourth-order valence-electron chi connectivity index (χ4n) is 1.37. The van der Waals surface area contributed by atoms with E-state index >= 15 is 0 Å². The van der Waals surface area contributed by atoms with Crippen LogP contribution in [0.3, 0.4) is 0 Å². The number of rotatable bonds is 6. The minimum absolute atomic E-state index is 0.611. The van der Waals surface area contributed by atoms with E-state index in [0.29, 0.717) is 5.25 Å². The maximum atomic E-state index is 5.52. The first-order valence-corrected chi connectivity index (χ1v) is 6.26. The Labute approximate surface area is 96.2 Å². The summed E-state index contributed by atoms with van der Waals surface area (Å²) in [6.45, 7) is 2.98. The van der Waals surface area contributed by atoms with Crippen LogP contribution in [0.15, 0.2) is 24.3 Å². The first kappa shape index (κ1) is 12.4. The molecule has 0 aliphatic carbocycles. The number of hydrogen-bond acceptors (Lipinski definition) is 3. The van der Waals surface area contributed by atoms with Crippen molar-refractivity contribution >= 4 is 11.8 Å². The van der Waals surface area contributed by atoms with E-state index in [4.69, 9.17) is 10.5 Å². The highest BCUT2D eigenvalue weighted by molar-refractivity contribution is 7.99. The van der Waals surface area contributed by atoms with Crippen LogP contribution in [0.1, 0.15) is 18.9 Å². The van der Waals surface area contributed by atoms with Crippen molar-refractivity contribution in [2.45, 2.75) is 24.3 Å². The van der Waals surface area contributed by atoms with E-state index in [0.717, 1.165) is 24.5 Å². The minimum atomic E-state index is 0.611. The van der Waals surface area contributed by atoms with Crippen LogP contribution in [0.25, 0.3) is 0 Å². The van der Waals surface area contributed by atoms with Crippen molar-refractivity contribution in [1.82, 2.24) is 0 Å². The minimum Gasteiger partial charge on any atom is -0.496 e. The summed E-state index contributed by atoms with van der Waals surface area (Å²) < 4.78 is 5.30. The SMILES string of the molecule is COc1ccccc1CSC(C)CCN. The van der Waals surface area contributed by atoms with Gasteiger partial charge in [-0.15, -0.1) is 0 Å². The van der Waals surface area contributed by atoms with Gasteiger partial charge < -0.3 is 10.5 Å². The molecule has 1 unspecified atom stereocenters. The Kier molecular flexibility index (Phi) is 5.58. The summed E-state index contributed by atoms with van der Waals surface area (Å²) in [5, 5.41) is 0.611. The lowest BCUT2D eigenvalue weighted by Gasteiger charge is -2.11. The predicted molar refractivity (Wildman–Crippen MR) is 67.4 cm³/mol. The lowest BCUT2D eigenvalue weighted by Crippen LogP contribution is -2.07. The zero-order chi connectivity index (χ0) is 11.1. The summed E-state index contributed by atoms with van der Waals surface area (Å²) in [6, 6.07) is 8.16.